The van der Waals surface area contributed by atoms with Crippen LogP contribution in [-0.4, -0.2) is 28.2 Å². The van der Waals surface area contributed by atoms with E-state index in [9.17, 15) is 0 Å². The average Bonchev–Trinajstić information content (AvgIpc) is 2.99. The molecule has 94 valence electrons. The minimum Gasteiger partial charge on any atom is -0.339 e. The van der Waals surface area contributed by atoms with Gasteiger partial charge in [-0.3, -0.25) is 4.98 Å². The maximum absolute atomic E-state index is 5.36. The molecule has 18 heavy (non-hydrogen) atoms. The summed E-state index contributed by atoms with van der Waals surface area (Å²) < 4.78 is 5.36. The van der Waals surface area contributed by atoms with Crippen LogP contribution in [0.5, 0.6) is 0 Å². The van der Waals surface area contributed by atoms with E-state index in [0.717, 1.165) is 42.4 Å². The highest BCUT2D eigenvalue weighted by Gasteiger charge is 2.23. The molecule has 1 fully saturated rings. The summed E-state index contributed by atoms with van der Waals surface area (Å²) in [7, 11) is 0. The van der Waals surface area contributed by atoms with E-state index < -0.39 is 0 Å². The van der Waals surface area contributed by atoms with Gasteiger partial charge in [0.1, 0.15) is 0 Å². The van der Waals surface area contributed by atoms with Crippen LogP contribution < -0.4 is 5.32 Å². The minimum atomic E-state index is 0.357. The topological polar surface area (TPSA) is 63.8 Å². The number of aryl methyl sites for hydroxylation is 2. The molecule has 0 aliphatic carbocycles. The van der Waals surface area contributed by atoms with Crippen molar-refractivity contribution in [3.63, 3.8) is 0 Å². The lowest BCUT2D eigenvalue weighted by atomic mass is 10.1. The van der Waals surface area contributed by atoms with Gasteiger partial charge in [0.25, 0.3) is 0 Å². The first kappa shape index (κ1) is 11.3. The molecule has 0 spiro atoms. The van der Waals surface area contributed by atoms with Crippen molar-refractivity contribution in [3.8, 4) is 11.4 Å². The number of nitrogens with one attached hydrogen (secondary N) is 1. The van der Waals surface area contributed by atoms with Crippen LogP contribution in [0.25, 0.3) is 11.4 Å². The average molecular weight is 244 g/mol. The van der Waals surface area contributed by atoms with Gasteiger partial charge in [-0.05, 0) is 38.9 Å². The van der Waals surface area contributed by atoms with E-state index in [4.69, 9.17) is 4.52 Å². The third kappa shape index (κ3) is 2.13. The minimum absolute atomic E-state index is 0.357. The lowest BCUT2D eigenvalue weighted by molar-refractivity contribution is 0.359. The first-order valence-electron chi connectivity index (χ1n) is 6.22. The molecule has 5 nitrogen and oxygen atoms in total. The Morgan fingerprint density at radius 2 is 2.00 bits per heavy atom. The van der Waals surface area contributed by atoms with Gasteiger partial charge in [0.2, 0.25) is 11.7 Å². The smallest absolute Gasteiger partial charge is 0.231 e. The second-order valence-electron chi connectivity index (χ2n) is 4.78. The SMILES string of the molecule is Cc1cc(-c2noc(C3CCNC3)n2)cc(C)n1. The third-order valence-electron chi connectivity index (χ3n) is 3.19. The molecule has 0 bridgehead atoms. The molecule has 1 N–H and O–H groups in total. The fourth-order valence-electron chi connectivity index (χ4n) is 2.35. The van der Waals surface area contributed by atoms with Crippen LogP contribution in [0, 0.1) is 13.8 Å². The van der Waals surface area contributed by atoms with Crippen molar-refractivity contribution in [1.82, 2.24) is 20.4 Å². The highest BCUT2D eigenvalue weighted by molar-refractivity contribution is 5.55. The van der Waals surface area contributed by atoms with E-state index in [2.05, 4.69) is 20.4 Å². The maximum Gasteiger partial charge on any atom is 0.231 e. The second kappa shape index (κ2) is 4.49. The molecular weight excluding hydrogens is 228 g/mol. The molecular formula is C13H16N4O. The molecule has 0 saturated carbocycles. The third-order valence-corrected chi connectivity index (χ3v) is 3.19. The fraction of sp³-hybridized carbons (Fsp3) is 0.462. The number of pyridine rings is 1. The molecule has 1 unspecified atom stereocenters. The van der Waals surface area contributed by atoms with Crippen LogP contribution in [0.15, 0.2) is 16.7 Å². The summed E-state index contributed by atoms with van der Waals surface area (Å²) in [6.07, 6.45) is 1.07. The molecule has 1 saturated heterocycles. The number of aromatic nitrogens is 3. The molecule has 5 heteroatoms. The van der Waals surface area contributed by atoms with Gasteiger partial charge in [-0.25, -0.2) is 0 Å². The quantitative estimate of drug-likeness (QED) is 0.873. The summed E-state index contributed by atoms with van der Waals surface area (Å²) in [5.74, 6) is 1.75. The maximum atomic E-state index is 5.36. The van der Waals surface area contributed by atoms with Gasteiger partial charge >= 0.3 is 0 Å². The number of hydrogen-bond acceptors (Lipinski definition) is 5. The van der Waals surface area contributed by atoms with E-state index in [1.165, 1.54) is 0 Å². The first-order valence-corrected chi connectivity index (χ1v) is 6.22. The molecule has 2 aromatic heterocycles. The Morgan fingerprint density at radius 3 is 2.67 bits per heavy atom. The lowest BCUT2D eigenvalue weighted by Crippen LogP contribution is -2.08. The van der Waals surface area contributed by atoms with Crippen molar-refractivity contribution >= 4 is 0 Å². The Labute approximate surface area is 106 Å². The molecule has 2 aromatic rings. The van der Waals surface area contributed by atoms with Crippen LogP contribution in [0.2, 0.25) is 0 Å². The number of hydrogen-bond donors (Lipinski definition) is 1. The Balaban J connectivity index is 1.92. The van der Waals surface area contributed by atoms with Crippen LogP contribution in [0.4, 0.5) is 0 Å². The Morgan fingerprint density at radius 1 is 1.22 bits per heavy atom. The van der Waals surface area contributed by atoms with Crippen molar-refractivity contribution < 1.29 is 4.52 Å². The summed E-state index contributed by atoms with van der Waals surface area (Å²) in [6, 6.07) is 3.96. The van der Waals surface area contributed by atoms with Crippen LogP contribution in [0.3, 0.4) is 0 Å². The van der Waals surface area contributed by atoms with Crippen molar-refractivity contribution in [2.75, 3.05) is 13.1 Å². The van der Waals surface area contributed by atoms with E-state index in [0.29, 0.717) is 11.7 Å². The summed E-state index contributed by atoms with van der Waals surface area (Å²) in [4.78, 5) is 8.85. The lowest BCUT2D eigenvalue weighted by Gasteiger charge is -2.00. The molecule has 1 atom stereocenters. The van der Waals surface area contributed by atoms with Gasteiger partial charge in [0.15, 0.2) is 0 Å². The Kier molecular flexibility index (Phi) is 2.83. The van der Waals surface area contributed by atoms with Crippen LogP contribution >= 0.6 is 0 Å². The molecule has 1 aliphatic rings. The molecule has 0 amide bonds. The fourth-order valence-corrected chi connectivity index (χ4v) is 2.35. The number of nitrogens with zero attached hydrogens (tertiary/aromatic N) is 3. The highest BCUT2D eigenvalue weighted by atomic mass is 16.5. The van der Waals surface area contributed by atoms with E-state index in [1.54, 1.807) is 0 Å². The van der Waals surface area contributed by atoms with Crippen molar-refractivity contribution in [3.05, 3.63) is 29.4 Å². The zero-order chi connectivity index (χ0) is 12.5. The molecule has 0 radical (unpaired) electrons. The van der Waals surface area contributed by atoms with Gasteiger partial charge in [-0.15, -0.1) is 0 Å². The number of rotatable bonds is 2. The monoisotopic (exact) mass is 244 g/mol. The Bertz CT molecular complexity index is 538. The molecule has 0 aromatic carbocycles. The summed E-state index contributed by atoms with van der Waals surface area (Å²) in [6.45, 7) is 5.89. The molecule has 1 aliphatic heterocycles. The zero-order valence-corrected chi connectivity index (χ0v) is 10.6. The van der Waals surface area contributed by atoms with Crippen molar-refractivity contribution in [2.45, 2.75) is 26.2 Å². The first-order chi connectivity index (χ1) is 8.72. The molecule has 3 heterocycles. The summed E-state index contributed by atoms with van der Waals surface area (Å²) in [5, 5.41) is 7.37. The van der Waals surface area contributed by atoms with Gasteiger partial charge in [0.05, 0.1) is 5.92 Å². The molecule has 3 rings (SSSR count). The largest absolute Gasteiger partial charge is 0.339 e. The Hall–Kier alpha value is -1.75. The standard InChI is InChI=1S/C13H16N4O/c1-8-5-11(6-9(2)15-8)12-16-13(18-17-12)10-3-4-14-7-10/h5-6,10,14H,3-4,7H2,1-2H3. The van der Waals surface area contributed by atoms with Gasteiger partial charge in [-0.1, -0.05) is 5.16 Å². The summed E-state index contributed by atoms with van der Waals surface area (Å²) in [5.41, 5.74) is 2.92. The summed E-state index contributed by atoms with van der Waals surface area (Å²) >= 11 is 0. The predicted octanol–water partition coefficient (Wildman–Crippen LogP) is 1.83. The van der Waals surface area contributed by atoms with Crippen LogP contribution in [-0.2, 0) is 0 Å². The normalized spacial score (nSPS) is 19.3. The van der Waals surface area contributed by atoms with Gasteiger partial charge < -0.3 is 9.84 Å². The van der Waals surface area contributed by atoms with Crippen LogP contribution in [0.1, 0.15) is 29.6 Å². The van der Waals surface area contributed by atoms with Gasteiger partial charge in [0, 0.05) is 23.5 Å². The van der Waals surface area contributed by atoms with Gasteiger partial charge in [-0.2, -0.15) is 4.98 Å². The van der Waals surface area contributed by atoms with Crippen molar-refractivity contribution in [1.29, 1.82) is 0 Å². The predicted molar refractivity (Wildman–Crippen MR) is 67.2 cm³/mol. The highest BCUT2D eigenvalue weighted by Crippen LogP contribution is 2.24. The van der Waals surface area contributed by atoms with E-state index in [1.807, 2.05) is 26.0 Å². The van der Waals surface area contributed by atoms with Crippen molar-refractivity contribution in [2.24, 2.45) is 0 Å². The second-order valence-corrected chi connectivity index (χ2v) is 4.78. The van der Waals surface area contributed by atoms with E-state index >= 15 is 0 Å². The zero-order valence-electron chi connectivity index (χ0n) is 10.6. The van der Waals surface area contributed by atoms with E-state index in [-0.39, 0.29) is 0 Å².